The number of ether oxygens (including phenoxy) is 1. The lowest BCUT2D eigenvalue weighted by atomic mass is 9.86. The van der Waals surface area contributed by atoms with Gasteiger partial charge in [-0.15, -0.1) is 0 Å². The number of H-pyrrole nitrogens is 1. The molecule has 1 aromatic heterocycles. The average Bonchev–Trinajstić information content (AvgIpc) is 3.38. The van der Waals surface area contributed by atoms with Crippen LogP contribution >= 0.6 is 22.6 Å². The molecule has 1 saturated heterocycles. The third-order valence-corrected chi connectivity index (χ3v) is 17.3. The maximum Gasteiger partial charge on any atom is 0.408 e. The smallest absolute Gasteiger partial charge is 0.408 e. The van der Waals surface area contributed by atoms with Gasteiger partial charge in [0.05, 0.1) is 3.70 Å². The summed E-state index contributed by atoms with van der Waals surface area (Å²) in [6.07, 6.45) is 0.961. The number of aliphatic carboxylic acids is 1. The Labute approximate surface area is 335 Å². The maximum atomic E-state index is 14.2. The zero-order valence-corrected chi connectivity index (χ0v) is 37.0. The van der Waals surface area contributed by atoms with Crippen molar-refractivity contribution in [3.05, 3.63) is 51.2 Å². The number of aromatic amines is 1. The third-order valence-electron chi connectivity index (χ3n) is 10.4. The molecule has 0 aliphatic carbocycles. The number of amides is 2. The van der Waals surface area contributed by atoms with Crippen molar-refractivity contribution in [2.24, 2.45) is 5.41 Å². The van der Waals surface area contributed by atoms with Gasteiger partial charge >= 0.3 is 12.1 Å². The fourth-order valence-electron chi connectivity index (χ4n) is 7.86. The van der Waals surface area contributed by atoms with Crippen LogP contribution in [0.2, 0.25) is 16.6 Å². The van der Waals surface area contributed by atoms with Crippen molar-refractivity contribution in [2.75, 3.05) is 13.2 Å². The molecule has 11 nitrogen and oxygen atoms in total. The number of nitrogens with zero attached hydrogens (tertiary/aromatic N) is 1. The van der Waals surface area contributed by atoms with Crippen LogP contribution in [0.5, 0.6) is 5.75 Å². The van der Waals surface area contributed by atoms with E-state index < -0.39 is 44.0 Å². The highest BCUT2D eigenvalue weighted by Crippen LogP contribution is 2.44. The van der Waals surface area contributed by atoms with Gasteiger partial charge in [0, 0.05) is 30.5 Å². The summed E-state index contributed by atoms with van der Waals surface area (Å²) in [4.78, 5) is 42.8. The van der Waals surface area contributed by atoms with E-state index in [1.807, 2.05) is 12.1 Å². The van der Waals surface area contributed by atoms with Crippen molar-refractivity contribution in [3.63, 3.8) is 0 Å². The zero-order chi connectivity index (χ0) is 40.3. The fraction of sp³-hybridized carbons (Fsp3) is 0.585. The molecule has 5 N–H and O–H groups in total. The molecule has 298 valence electrons. The van der Waals surface area contributed by atoms with Crippen LogP contribution in [0, 0.1) is 9.12 Å². The van der Waals surface area contributed by atoms with E-state index in [1.54, 1.807) is 20.8 Å². The third kappa shape index (κ3) is 10.4. The number of rotatable bonds is 14. The molecule has 2 heterocycles. The Morgan fingerprint density at radius 1 is 0.981 bits per heavy atom. The molecule has 2 atom stereocenters. The van der Waals surface area contributed by atoms with Crippen LogP contribution in [0.1, 0.15) is 100 Å². The van der Waals surface area contributed by atoms with Gasteiger partial charge in [0.15, 0.2) is 0 Å². The number of hydrogen-bond acceptors (Lipinski definition) is 7. The molecule has 13 heteroatoms. The first-order chi connectivity index (χ1) is 25.1. The van der Waals surface area contributed by atoms with Gasteiger partial charge in [0.1, 0.15) is 23.4 Å². The molecule has 1 fully saturated rings. The number of carbonyl (C=O) groups excluding carboxylic acids is 2. The van der Waals surface area contributed by atoms with Crippen LogP contribution < -0.4 is 15.2 Å². The molecule has 0 spiro atoms. The number of halogens is 1. The monoisotopic (exact) mass is 876 g/mol. The molecule has 3 aromatic rings. The number of carboxylic acids is 1. The van der Waals surface area contributed by atoms with Gasteiger partial charge in [-0.25, -0.2) is 10.2 Å². The number of fused-ring (bicyclic) bond motifs is 1. The summed E-state index contributed by atoms with van der Waals surface area (Å²) >= 11 is 2.33. The number of nitrogens with one attached hydrogen (secondary N) is 3. The molecule has 0 bridgehead atoms. The maximum absolute atomic E-state index is 14.2. The van der Waals surface area contributed by atoms with E-state index in [9.17, 15) is 24.6 Å². The number of alkyl carbamates (subject to hydrolysis) is 1. The Hall–Kier alpha value is -3.14. The van der Waals surface area contributed by atoms with Gasteiger partial charge in [-0.1, -0.05) is 67.5 Å². The highest BCUT2D eigenvalue weighted by atomic mass is 127. The Morgan fingerprint density at radius 2 is 1.63 bits per heavy atom. The van der Waals surface area contributed by atoms with E-state index in [1.165, 1.54) is 5.01 Å². The summed E-state index contributed by atoms with van der Waals surface area (Å²) < 4.78 is 13.9. The van der Waals surface area contributed by atoms with Crippen molar-refractivity contribution in [1.82, 2.24) is 20.7 Å². The minimum atomic E-state index is -2.42. The fourth-order valence-corrected chi connectivity index (χ4v) is 13.9. The molecule has 0 unspecified atom stereocenters. The van der Waals surface area contributed by atoms with Gasteiger partial charge in [-0.3, -0.25) is 14.6 Å². The summed E-state index contributed by atoms with van der Waals surface area (Å²) in [5.74, 6) is -0.778. The summed E-state index contributed by atoms with van der Waals surface area (Å²) in [5.41, 5.74) is 7.48. The highest BCUT2D eigenvalue weighted by molar-refractivity contribution is 14.1. The SMILES string of the molecule is CC(C)[Si](Oc1cc(C[C@H](NC(=O)OC(C)(C)C)C(=O)N2CCC[C@@H](C(=O)O)N2)cc(-c2ccc3[nH]c(I)c(CC(C)(C)CO)c3c2)c1)(C(C)C)C(C)C. The average molecular weight is 877 g/mol. The first-order valence-corrected chi connectivity index (χ1v) is 22.3. The normalized spacial score (nSPS) is 16.3. The highest BCUT2D eigenvalue weighted by Gasteiger charge is 2.47. The standard InChI is InChI=1S/C41H61IN4O7Si/c1-24(2)54(25(3)4,26(5)6)53-30-18-27(17-29(20-30)28-14-15-33-31(21-28)32(36(42)43-33)22-41(10,11)23-47)19-35(44-39(51)52-40(7,8)9)37(48)46-16-12-13-34(45-46)38(49)50/h14-15,17-18,20-21,24-26,34-35,43,45,47H,12-13,16,19,22-23H2,1-11H3,(H,44,51)(H,49,50)/t34-,35-/m0/s1. The van der Waals surface area contributed by atoms with Crippen LogP contribution in [0.4, 0.5) is 4.79 Å². The predicted octanol–water partition coefficient (Wildman–Crippen LogP) is 8.57. The molecule has 1 aliphatic heterocycles. The molecular formula is C41H61IN4O7Si. The number of aliphatic hydroxyl groups excluding tert-OH is 1. The van der Waals surface area contributed by atoms with Crippen LogP contribution in [0.3, 0.4) is 0 Å². The van der Waals surface area contributed by atoms with Gasteiger partial charge in [-0.05, 0) is 131 Å². The topological polar surface area (TPSA) is 153 Å². The Morgan fingerprint density at radius 3 is 2.20 bits per heavy atom. The number of hydrazine groups is 1. The Bertz CT molecular complexity index is 1790. The largest absolute Gasteiger partial charge is 0.543 e. The Kier molecular flexibility index (Phi) is 14.0. The van der Waals surface area contributed by atoms with Crippen molar-refractivity contribution >= 4 is 59.8 Å². The lowest BCUT2D eigenvalue weighted by Crippen LogP contribution is -2.60. The lowest BCUT2D eigenvalue weighted by Gasteiger charge is -2.42. The van der Waals surface area contributed by atoms with Gasteiger partial charge in [-0.2, -0.15) is 0 Å². The van der Waals surface area contributed by atoms with E-state index in [4.69, 9.17) is 9.16 Å². The molecular weight excluding hydrogens is 815 g/mol. The molecule has 54 heavy (non-hydrogen) atoms. The van der Waals surface area contributed by atoms with Crippen molar-refractivity contribution in [3.8, 4) is 16.9 Å². The van der Waals surface area contributed by atoms with Crippen LogP contribution in [0.15, 0.2) is 36.4 Å². The van der Waals surface area contributed by atoms with Crippen LogP contribution in [-0.4, -0.2) is 77.3 Å². The van der Waals surface area contributed by atoms with Gasteiger partial charge in [0.25, 0.3) is 14.2 Å². The molecule has 2 amide bonds. The molecule has 1 aliphatic rings. The van der Waals surface area contributed by atoms with Crippen LogP contribution in [-0.2, 0) is 27.2 Å². The quantitative estimate of drug-likeness (QED) is 0.0798. The second-order valence-corrected chi connectivity index (χ2v) is 24.0. The minimum Gasteiger partial charge on any atom is -0.543 e. The summed E-state index contributed by atoms with van der Waals surface area (Å²) in [5, 5.41) is 25.0. The predicted molar refractivity (Wildman–Crippen MR) is 225 cm³/mol. The molecule has 0 saturated carbocycles. The van der Waals surface area contributed by atoms with Crippen LogP contribution in [0.25, 0.3) is 22.0 Å². The van der Waals surface area contributed by atoms with Crippen molar-refractivity contribution in [1.29, 1.82) is 0 Å². The van der Waals surface area contributed by atoms with Gasteiger partial charge < -0.3 is 29.7 Å². The van der Waals surface area contributed by atoms with E-state index >= 15 is 0 Å². The molecule has 4 rings (SSSR count). The number of benzene rings is 2. The first kappa shape index (κ1) is 43.6. The van der Waals surface area contributed by atoms with Gasteiger partial charge in [0.2, 0.25) is 0 Å². The number of aromatic nitrogens is 1. The van der Waals surface area contributed by atoms with Crippen molar-refractivity contribution < 1.29 is 33.8 Å². The number of carbonyl (C=O) groups is 3. The lowest BCUT2D eigenvalue weighted by molar-refractivity contribution is -0.147. The second-order valence-electron chi connectivity index (χ2n) is 17.5. The number of aliphatic hydroxyl groups is 1. The van der Waals surface area contributed by atoms with E-state index in [0.717, 1.165) is 36.9 Å². The molecule has 0 radical (unpaired) electrons. The van der Waals surface area contributed by atoms with E-state index in [2.05, 4.69) is 118 Å². The first-order valence-electron chi connectivity index (χ1n) is 19.1. The summed E-state index contributed by atoms with van der Waals surface area (Å²) in [6.45, 7) is 23.2. The molecule has 2 aromatic carbocycles. The van der Waals surface area contributed by atoms with E-state index in [-0.39, 0.29) is 18.4 Å². The summed E-state index contributed by atoms with van der Waals surface area (Å²) in [6, 6.07) is 10.4. The second kappa shape index (κ2) is 17.3. The van der Waals surface area contributed by atoms with Crippen molar-refractivity contribution in [2.45, 2.75) is 136 Å². The summed E-state index contributed by atoms with van der Waals surface area (Å²) in [7, 11) is -2.42. The minimum absolute atomic E-state index is 0.0620. The number of hydrogen-bond donors (Lipinski definition) is 5. The van der Waals surface area contributed by atoms with E-state index in [0.29, 0.717) is 48.2 Å². The number of carboxylic acid groups (broad SMARTS) is 1. The zero-order valence-electron chi connectivity index (χ0n) is 33.9. The Balaban J connectivity index is 1.87.